The number of hydrogen-bond acceptors (Lipinski definition) is 4. The van der Waals surface area contributed by atoms with Crippen LogP contribution in [0.2, 0.25) is 0 Å². The van der Waals surface area contributed by atoms with Gasteiger partial charge in [0.2, 0.25) is 0 Å². The van der Waals surface area contributed by atoms with Crippen LogP contribution in [0.15, 0.2) is 39.9 Å². The predicted molar refractivity (Wildman–Crippen MR) is 63.3 cm³/mol. The minimum Gasteiger partial charge on any atom is -0.390 e. The van der Waals surface area contributed by atoms with Gasteiger partial charge < -0.3 is 15.4 Å². The van der Waals surface area contributed by atoms with Crippen molar-refractivity contribution in [1.29, 1.82) is 0 Å². The van der Waals surface area contributed by atoms with Crippen molar-refractivity contribution in [3.05, 3.63) is 56.9 Å². The third kappa shape index (κ3) is 2.43. The molecule has 0 radical (unpaired) electrons. The van der Waals surface area contributed by atoms with Gasteiger partial charge in [0.05, 0.1) is 12.3 Å². The van der Waals surface area contributed by atoms with Crippen molar-refractivity contribution in [2.24, 2.45) is 0 Å². The molecule has 1 heterocycles. The highest BCUT2D eigenvalue weighted by atomic mass is 16.3. The summed E-state index contributed by atoms with van der Waals surface area (Å²) in [7, 11) is 0. The fourth-order valence-corrected chi connectivity index (χ4v) is 1.45. The number of aliphatic hydroxyl groups excluding tert-OH is 1. The van der Waals surface area contributed by atoms with Crippen molar-refractivity contribution >= 4 is 11.4 Å². The first-order valence-electron chi connectivity index (χ1n) is 4.99. The van der Waals surface area contributed by atoms with E-state index in [1.807, 2.05) is 6.07 Å². The molecule has 0 atom stereocenters. The van der Waals surface area contributed by atoms with Gasteiger partial charge >= 0.3 is 5.69 Å². The molecule has 1 aromatic heterocycles. The van der Waals surface area contributed by atoms with Gasteiger partial charge in [-0.25, -0.2) is 4.79 Å². The molecule has 0 spiro atoms. The molecule has 88 valence electrons. The van der Waals surface area contributed by atoms with Crippen LogP contribution in [0.4, 0.5) is 11.4 Å². The quantitative estimate of drug-likeness (QED) is 0.612. The van der Waals surface area contributed by atoms with Crippen LogP contribution in [0.1, 0.15) is 5.69 Å². The minimum absolute atomic E-state index is 0.137. The normalized spacial score (nSPS) is 10.2. The van der Waals surface area contributed by atoms with E-state index < -0.39 is 17.9 Å². The SMILES string of the molecule is O=c1[nH]c(CO)c(Nc2ccccc2)c(=O)[nH]1. The molecule has 6 heteroatoms. The molecule has 2 rings (SSSR count). The van der Waals surface area contributed by atoms with Crippen LogP contribution in [-0.4, -0.2) is 15.1 Å². The van der Waals surface area contributed by atoms with Gasteiger partial charge in [-0.3, -0.25) is 9.78 Å². The fraction of sp³-hybridized carbons (Fsp3) is 0.0909. The number of aliphatic hydroxyl groups is 1. The molecule has 0 aliphatic rings. The van der Waals surface area contributed by atoms with E-state index in [1.165, 1.54) is 0 Å². The van der Waals surface area contributed by atoms with Crippen molar-refractivity contribution in [3.8, 4) is 0 Å². The number of anilines is 2. The summed E-state index contributed by atoms with van der Waals surface area (Å²) in [5.41, 5.74) is -0.222. The summed E-state index contributed by atoms with van der Waals surface area (Å²) in [6.45, 7) is -0.422. The molecule has 0 fully saturated rings. The lowest BCUT2D eigenvalue weighted by atomic mass is 10.3. The van der Waals surface area contributed by atoms with E-state index >= 15 is 0 Å². The molecule has 0 amide bonds. The third-order valence-corrected chi connectivity index (χ3v) is 2.22. The first-order chi connectivity index (χ1) is 8.20. The maximum Gasteiger partial charge on any atom is 0.326 e. The van der Waals surface area contributed by atoms with Crippen molar-refractivity contribution < 1.29 is 5.11 Å². The second kappa shape index (κ2) is 4.67. The van der Waals surface area contributed by atoms with E-state index in [4.69, 9.17) is 5.11 Å². The van der Waals surface area contributed by atoms with E-state index in [9.17, 15) is 9.59 Å². The zero-order valence-electron chi connectivity index (χ0n) is 8.86. The lowest BCUT2D eigenvalue weighted by Crippen LogP contribution is -2.26. The van der Waals surface area contributed by atoms with Gasteiger partial charge in [-0.1, -0.05) is 18.2 Å². The minimum atomic E-state index is -0.641. The van der Waals surface area contributed by atoms with Crippen LogP contribution in [-0.2, 0) is 6.61 Å². The van der Waals surface area contributed by atoms with Crippen LogP contribution >= 0.6 is 0 Å². The topological polar surface area (TPSA) is 98.0 Å². The Bertz CT molecular complexity index is 616. The molecule has 0 saturated heterocycles. The summed E-state index contributed by atoms with van der Waals surface area (Å²) in [4.78, 5) is 27.1. The molecular formula is C11H11N3O3. The number of rotatable bonds is 3. The van der Waals surface area contributed by atoms with E-state index in [1.54, 1.807) is 24.3 Å². The zero-order valence-corrected chi connectivity index (χ0v) is 8.86. The maximum absolute atomic E-state index is 11.6. The van der Waals surface area contributed by atoms with Crippen LogP contribution in [0.5, 0.6) is 0 Å². The summed E-state index contributed by atoms with van der Waals surface area (Å²) < 4.78 is 0. The highest BCUT2D eigenvalue weighted by Gasteiger charge is 2.08. The Morgan fingerprint density at radius 1 is 1.12 bits per heavy atom. The summed E-state index contributed by atoms with van der Waals surface area (Å²) in [6, 6.07) is 8.99. The van der Waals surface area contributed by atoms with Crippen LogP contribution in [0, 0.1) is 0 Å². The van der Waals surface area contributed by atoms with Gasteiger partial charge in [0.25, 0.3) is 5.56 Å². The summed E-state index contributed by atoms with van der Waals surface area (Å²) >= 11 is 0. The molecule has 0 bridgehead atoms. The highest BCUT2D eigenvalue weighted by Crippen LogP contribution is 2.13. The summed E-state index contributed by atoms with van der Waals surface area (Å²) in [5, 5.41) is 11.9. The van der Waals surface area contributed by atoms with Gasteiger partial charge in [0, 0.05) is 5.69 Å². The molecular weight excluding hydrogens is 222 g/mol. The van der Waals surface area contributed by atoms with Gasteiger partial charge in [0.1, 0.15) is 5.69 Å². The first kappa shape index (κ1) is 11.2. The number of H-pyrrole nitrogens is 2. The third-order valence-electron chi connectivity index (χ3n) is 2.22. The van der Waals surface area contributed by atoms with Crippen molar-refractivity contribution in [1.82, 2.24) is 9.97 Å². The fourth-order valence-electron chi connectivity index (χ4n) is 1.45. The number of para-hydroxylation sites is 1. The van der Waals surface area contributed by atoms with E-state index in [0.29, 0.717) is 5.69 Å². The Morgan fingerprint density at radius 2 is 1.82 bits per heavy atom. The average molecular weight is 233 g/mol. The lowest BCUT2D eigenvalue weighted by molar-refractivity contribution is 0.277. The number of aromatic amines is 2. The van der Waals surface area contributed by atoms with Gasteiger partial charge in [0.15, 0.2) is 0 Å². The molecule has 1 aromatic carbocycles. The molecule has 2 aromatic rings. The monoisotopic (exact) mass is 233 g/mol. The molecule has 0 aliphatic heterocycles. The zero-order chi connectivity index (χ0) is 12.3. The van der Waals surface area contributed by atoms with E-state index in [2.05, 4.69) is 15.3 Å². The molecule has 0 saturated carbocycles. The molecule has 0 unspecified atom stereocenters. The number of benzene rings is 1. The van der Waals surface area contributed by atoms with Gasteiger partial charge in [-0.2, -0.15) is 0 Å². The Hall–Kier alpha value is -2.34. The Labute approximate surface area is 96.0 Å². The smallest absolute Gasteiger partial charge is 0.326 e. The predicted octanol–water partition coefficient (Wildman–Crippen LogP) is 0.299. The van der Waals surface area contributed by atoms with Crippen LogP contribution in [0.25, 0.3) is 0 Å². The molecule has 17 heavy (non-hydrogen) atoms. The maximum atomic E-state index is 11.6. The molecule has 0 aliphatic carbocycles. The molecule has 4 N–H and O–H groups in total. The van der Waals surface area contributed by atoms with Crippen molar-refractivity contribution in [3.63, 3.8) is 0 Å². The number of aromatic nitrogens is 2. The molecule has 6 nitrogen and oxygen atoms in total. The van der Waals surface area contributed by atoms with Crippen molar-refractivity contribution in [2.45, 2.75) is 6.61 Å². The summed E-state index contributed by atoms with van der Waals surface area (Å²) in [5.74, 6) is 0. The second-order valence-electron chi connectivity index (χ2n) is 3.41. The Kier molecular flexibility index (Phi) is 3.06. The highest BCUT2D eigenvalue weighted by molar-refractivity contribution is 5.60. The van der Waals surface area contributed by atoms with E-state index in [-0.39, 0.29) is 11.4 Å². The Balaban J connectivity index is 2.46. The average Bonchev–Trinajstić information content (AvgIpc) is 2.33. The largest absolute Gasteiger partial charge is 0.390 e. The van der Waals surface area contributed by atoms with Crippen LogP contribution in [0.3, 0.4) is 0 Å². The van der Waals surface area contributed by atoms with Crippen LogP contribution < -0.4 is 16.6 Å². The number of nitrogens with one attached hydrogen (secondary N) is 3. The van der Waals surface area contributed by atoms with Crippen molar-refractivity contribution in [2.75, 3.05) is 5.32 Å². The van der Waals surface area contributed by atoms with E-state index in [0.717, 1.165) is 0 Å². The standard InChI is InChI=1S/C11H11N3O3/c15-6-8-9(10(16)14-11(17)13-8)12-7-4-2-1-3-5-7/h1-5,12,15H,6H2,(H2,13,14,16,17). The second-order valence-corrected chi connectivity index (χ2v) is 3.41. The van der Waals surface area contributed by atoms with Gasteiger partial charge in [-0.05, 0) is 12.1 Å². The number of hydrogen-bond donors (Lipinski definition) is 4. The first-order valence-corrected chi connectivity index (χ1v) is 4.99. The van der Waals surface area contributed by atoms with Gasteiger partial charge in [-0.15, -0.1) is 0 Å². The Morgan fingerprint density at radius 3 is 2.47 bits per heavy atom. The summed E-state index contributed by atoms with van der Waals surface area (Å²) in [6.07, 6.45) is 0. The lowest BCUT2D eigenvalue weighted by Gasteiger charge is -2.08.